The van der Waals surface area contributed by atoms with Crippen molar-refractivity contribution in [2.24, 2.45) is 0 Å². The maximum absolute atomic E-state index is 13.0. The Morgan fingerprint density at radius 3 is 1.40 bits per heavy atom. The van der Waals surface area contributed by atoms with E-state index in [0.29, 0.717) is 128 Å². The highest BCUT2D eigenvalue weighted by Gasteiger charge is 2.20. The number of methoxy groups -OCH3 is 1. The number of H-pyrrole nitrogens is 5. The van der Waals surface area contributed by atoms with Crippen LogP contribution < -0.4 is 41.4 Å². The minimum Gasteiger partial charge on any atom is -0.497 e. The second-order valence-corrected chi connectivity index (χ2v) is 23.5. The number of fused-ring (bicyclic) bond motifs is 3. The molecule has 30 heteroatoms. The number of carboxylic acids is 1. The average Bonchev–Trinajstić information content (AvgIpc) is 1.76. The highest BCUT2D eigenvalue weighted by molar-refractivity contribution is 5.84. The van der Waals surface area contributed by atoms with Crippen LogP contribution in [-0.4, -0.2) is 145 Å². The summed E-state index contributed by atoms with van der Waals surface area (Å²) in [5.41, 5.74) is 17.8. The molecule has 107 heavy (non-hydrogen) atoms. The molecule has 0 radical (unpaired) electrons. The molecular formula is C77H78N16O14. The Bertz CT molecular complexity index is 5440. The number of aromatic nitrogens is 15. The van der Waals surface area contributed by atoms with Crippen LogP contribution in [0.1, 0.15) is 83.4 Å². The highest BCUT2D eigenvalue weighted by Crippen LogP contribution is 2.37. The van der Waals surface area contributed by atoms with Gasteiger partial charge in [0.15, 0.2) is 22.2 Å². The molecule has 30 nitrogen and oxygen atoms in total. The van der Waals surface area contributed by atoms with E-state index in [9.17, 15) is 33.6 Å². The second-order valence-electron chi connectivity index (χ2n) is 23.5. The van der Waals surface area contributed by atoms with Crippen molar-refractivity contribution in [1.82, 2.24) is 75.7 Å². The smallest absolute Gasteiger partial charge is 0.312 e. The molecule has 0 spiro atoms. The number of aromatic amines is 5. The molecule has 0 unspecified atom stereocenters. The fourth-order valence-electron chi connectivity index (χ4n) is 11.2. The molecule has 13 rings (SSSR count). The van der Waals surface area contributed by atoms with Crippen molar-refractivity contribution in [2.45, 2.75) is 86.1 Å². The summed E-state index contributed by atoms with van der Waals surface area (Å²) < 4.78 is 33.9. The summed E-state index contributed by atoms with van der Waals surface area (Å²) in [6, 6.07) is 48.6. The number of aliphatic carboxylic acids is 1. The molecule has 0 atom stereocenters. The molecular weight excluding hydrogens is 1370 g/mol. The Morgan fingerprint density at radius 1 is 0.495 bits per heavy atom. The van der Waals surface area contributed by atoms with Crippen molar-refractivity contribution in [3.63, 3.8) is 0 Å². The Hall–Kier alpha value is -13.5. The van der Waals surface area contributed by atoms with Gasteiger partial charge >= 0.3 is 17.9 Å². The number of nitrogens with two attached hydrogens (primary N) is 1. The van der Waals surface area contributed by atoms with Crippen LogP contribution in [-0.2, 0) is 48.0 Å². The van der Waals surface area contributed by atoms with Crippen LogP contribution in [0.25, 0.3) is 101 Å². The lowest BCUT2D eigenvalue weighted by molar-refractivity contribution is -0.144. The largest absolute Gasteiger partial charge is 0.497 e. The monoisotopic (exact) mass is 1450 g/mol. The molecule has 0 fully saturated rings. The summed E-state index contributed by atoms with van der Waals surface area (Å²) in [7, 11) is 1.62. The van der Waals surface area contributed by atoms with Crippen molar-refractivity contribution >= 4 is 63.4 Å². The molecule has 0 aliphatic rings. The molecule has 550 valence electrons. The van der Waals surface area contributed by atoms with Gasteiger partial charge < -0.3 is 59.0 Å². The fourth-order valence-corrected chi connectivity index (χ4v) is 11.2. The quantitative estimate of drug-likeness (QED) is 0.0109. The van der Waals surface area contributed by atoms with Gasteiger partial charge in [-0.25, -0.2) is 19.6 Å². The van der Waals surface area contributed by atoms with Crippen LogP contribution in [0.4, 0.5) is 5.69 Å². The normalized spacial score (nSPS) is 10.8. The summed E-state index contributed by atoms with van der Waals surface area (Å²) in [4.78, 5) is 101. The number of aldehydes is 1. The van der Waals surface area contributed by atoms with Crippen LogP contribution in [0.3, 0.4) is 0 Å². The van der Waals surface area contributed by atoms with E-state index in [1.165, 1.54) is 0 Å². The first-order chi connectivity index (χ1) is 52.0. The van der Waals surface area contributed by atoms with E-state index >= 15 is 0 Å². The first kappa shape index (κ1) is 76.1. The molecule has 7 aromatic carbocycles. The standard InChI is InChI=1S/C32H33N5O5.C22H21N5O4.C18H16N6O2.C5H8O3/c1-4-41-27-19-24(23-10-6-8-21(18-23)9-7-11-28(38)42-5-2)14-17-26(27)30-33-31-29(32(39)34-30)35-36-37(31)20-22-12-15-25(40-3)16-13-22;1-2-31-17-12-15(14-7-3-5-13(11-14)6-4-8-18(28)29)9-10-16(17)20-23-21-19(22(30)24-20)25-27-26-21;1-2-26-14-9-11(10-4-3-5-12(19)8-10)6-7-13(14)16-20-17-15(18(25)21-16)22-24-23-17;1-2-8-5(7)3-4-6/h6,8,10,12-19H,4-5,7,9,11,20H2,1-3H3,(H,33,34,39);3,5,7,9-12H,2,4,6,8H2,1H3,(H,28,29)(H2,23,24,25,26,27,30);3-9H,2,19H2,1H3,(H2,20,21,22,23,24,25);4H,2-3H2,1H3. The second kappa shape index (κ2) is 37.1. The maximum Gasteiger partial charge on any atom is 0.312 e. The van der Waals surface area contributed by atoms with Gasteiger partial charge in [-0.3, -0.25) is 28.8 Å². The van der Waals surface area contributed by atoms with Crippen LogP contribution >= 0.6 is 0 Å². The van der Waals surface area contributed by atoms with Crippen molar-refractivity contribution in [3.8, 4) is 90.5 Å². The molecule has 6 heterocycles. The number of esters is 2. The third-order valence-corrected chi connectivity index (χ3v) is 16.2. The number of hydrogen-bond acceptors (Lipinski definition) is 23. The minimum absolute atomic E-state index is 0.131. The van der Waals surface area contributed by atoms with Gasteiger partial charge in [0.1, 0.15) is 53.2 Å². The SMILES string of the molecule is CCOC(=O)CC=O.CCOC(=O)CCCc1cccc(-c2ccc(-c3nc4c(nnn4Cc4ccc(OC)cc4)c(=O)[nH]3)c(OCC)c2)c1.CCOc1cc(-c2cccc(CCCC(=O)O)c2)ccc1-c1nc2n[nH]nc2c(=O)[nH]1.CCOc1cc(-c2cccc(N)c2)ccc1-c1nc2n[nH]nc2c(=O)[nH]1. The third kappa shape index (κ3) is 20.0. The number of carboxylic acid groups (broad SMARTS) is 1. The predicted molar refractivity (Wildman–Crippen MR) is 401 cm³/mol. The number of carbonyl (C=O) groups excluding carboxylic acids is 3. The Labute approximate surface area is 611 Å². The van der Waals surface area contributed by atoms with Gasteiger partial charge in [-0.2, -0.15) is 10.4 Å². The number of nitrogen functional groups attached to an aromatic ring is 1. The molecule has 0 amide bonds. The zero-order valence-corrected chi connectivity index (χ0v) is 59.5. The van der Waals surface area contributed by atoms with E-state index < -0.39 is 11.9 Å². The Balaban J connectivity index is 0.000000167. The van der Waals surface area contributed by atoms with Gasteiger partial charge in [0.05, 0.1) is 63.4 Å². The average molecular weight is 1450 g/mol. The summed E-state index contributed by atoms with van der Waals surface area (Å²) in [5, 5.41) is 37.3. The van der Waals surface area contributed by atoms with Crippen LogP contribution in [0, 0.1) is 0 Å². The topological polar surface area (TPSA) is 421 Å². The third-order valence-electron chi connectivity index (χ3n) is 16.2. The number of benzene rings is 7. The molecule has 0 saturated carbocycles. The number of hydrogen-bond donors (Lipinski definition) is 7. The van der Waals surface area contributed by atoms with Crippen LogP contribution in [0.5, 0.6) is 23.0 Å². The van der Waals surface area contributed by atoms with Crippen molar-refractivity contribution in [1.29, 1.82) is 0 Å². The molecule has 8 N–H and O–H groups in total. The lowest BCUT2D eigenvalue weighted by atomic mass is 9.99. The number of carbonyl (C=O) groups is 4. The Morgan fingerprint density at radius 2 is 0.944 bits per heavy atom. The molecule has 0 aliphatic carbocycles. The van der Waals surface area contributed by atoms with E-state index in [2.05, 4.69) is 82.9 Å². The lowest BCUT2D eigenvalue weighted by Gasteiger charge is -2.13. The predicted octanol–water partition coefficient (Wildman–Crippen LogP) is 10.9. The van der Waals surface area contributed by atoms with E-state index in [4.69, 9.17) is 39.5 Å². The van der Waals surface area contributed by atoms with Gasteiger partial charge in [-0.1, -0.05) is 96.2 Å². The highest BCUT2D eigenvalue weighted by atomic mass is 16.5. The number of aryl methyl sites for hydroxylation is 2. The molecule has 0 bridgehead atoms. The summed E-state index contributed by atoms with van der Waals surface area (Å²) >= 11 is 0. The van der Waals surface area contributed by atoms with Gasteiger partial charge in [-0.15, -0.1) is 25.5 Å². The maximum atomic E-state index is 13.0. The van der Waals surface area contributed by atoms with Crippen molar-refractivity contribution in [3.05, 3.63) is 199 Å². The zero-order valence-electron chi connectivity index (χ0n) is 59.5. The van der Waals surface area contributed by atoms with Gasteiger partial charge in [0.25, 0.3) is 16.7 Å². The first-order valence-corrected chi connectivity index (χ1v) is 34.4. The number of rotatable bonds is 27. The summed E-state index contributed by atoms with van der Waals surface area (Å²) in [6.45, 7) is 11.7. The van der Waals surface area contributed by atoms with Gasteiger partial charge in [0, 0.05) is 18.5 Å². The number of ether oxygens (including phenoxy) is 6. The minimum atomic E-state index is -0.788. The van der Waals surface area contributed by atoms with Crippen LogP contribution in [0.15, 0.2) is 166 Å². The zero-order chi connectivity index (χ0) is 75.8. The van der Waals surface area contributed by atoms with Crippen LogP contribution in [0.2, 0.25) is 0 Å². The number of anilines is 1. The summed E-state index contributed by atoms with van der Waals surface area (Å²) in [5.74, 6) is 2.23. The molecule has 13 aromatic rings. The van der Waals surface area contributed by atoms with E-state index in [-0.39, 0.29) is 63.3 Å². The Kier molecular flexibility index (Phi) is 26.4. The van der Waals surface area contributed by atoms with Crippen molar-refractivity contribution < 1.29 is 52.7 Å². The van der Waals surface area contributed by atoms with E-state index in [1.807, 2.05) is 167 Å². The van der Waals surface area contributed by atoms with Gasteiger partial charge in [0.2, 0.25) is 11.3 Å². The first-order valence-electron chi connectivity index (χ1n) is 34.4. The number of nitrogens with zero attached hydrogens (tertiary/aromatic N) is 10. The van der Waals surface area contributed by atoms with E-state index in [1.54, 1.807) is 18.7 Å². The molecule has 0 saturated heterocycles. The van der Waals surface area contributed by atoms with Gasteiger partial charge in [-0.05, 0) is 171 Å². The molecule has 0 aliphatic heterocycles. The van der Waals surface area contributed by atoms with Crippen molar-refractivity contribution in [2.75, 3.05) is 45.9 Å². The number of nitrogens with one attached hydrogen (secondary N) is 5. The molecule has 6 aromatic heterocycles. The van der Waals surface area contributed by atoms with E-state index in [0.717, 1.165) is 68.7 Å². The fraction of sp³-hybridized carbons (Fsp3) is 0.247. The summed E-state index contributed by atoms with van der Waals surface area (Å²) in [6.07, 6.45) is 3.71. The lowest BCUT2D eigenvalue weighted by Crippen LogP contribution is -2.12.